The van der Waals surface area contributed by atoms with Gasteiger partial charge in [-0.1, -0.05) is 0 Å². The average molecular weight is 349 g/mol. The molecule has 5 nitrogen and oxygen atoms in total. The highest BCUT2D eigenvalue weighted by Crippen LogP contribution is 2.29. The molecule has 1 fully saturated rings. The number of aliphatic hydroxyl groups is 1. The van der Waals surface area contributed by atoms with Crippen molar-refractivity contribution >= 4 is 31.6 Å². The van der Waals surface area contributed by atoms with Crippen molar-refractivity contribution in [3.63, 3.8) is 0 Å². The van der Waals surface area contributed by atoms with Crippen LogP contribution in [0.4, 0.5) is 5.69 Å². The molecule has 0 saturated carbocycles. The Labute approximate surface area is 121 Å². The van der Waals surface area contributed by atoms with Crippen molar-refractivity contribution < 1.29 is 13.5 Å². The van der Waals surface area contributed by atoms with Gasteiger partial charge in [0.1, 0.15) is 0 Å². The first kappa shape index (κ1) is 14.8. The first-order chi connectivity index (χ1) is 8.95. The lowest BCUT2D eigenvalue weighted by molar-refractivity contribution is 0.165. The average Bonchev–Trinajstić information content (AvgIpc) is 2.38. The molecule has 3 N–H and O–H groups in total. The Morgan fingerprint density at radius 1 is 1.47 bits per heavy atom. The second-order valence-corrected chi connectivity index (χ2v) is 7.50. The summed E-state index contributed by atoms with van der Waals surface area (Å²) < 4.78 is 27.0. The Kier molecular flexibility index (Phi) is 4.50. The highest BCUT2D eigenvalue weighted by atomic mass is 79.9. The third-order valence-corrected chi connectivity index (χ3v) is 6.16. The molecule has 0 bridgehead atoms. The van der Waals surface area contributed by atoms with Gasteiger partial charge in [-0.05, 0) is 52.9 Å². The number of nitrogen functional groups attached to an aromatic ring is 1. The maximum absolute atomic E-state index is 12.6. The molecule has 0 amide bonds. The van der Waals surface area contributed by atoms with Gasteiger partial charge in [-0.3, -0.25) is 0 Å². The summed E-state index contributed by atoms with van der Waals surface area (Å²) in [6.45, 7) is 0.889. The van der Waals surface area contributed by atoms with Crippen LogP contribution in [-0.4, -0.2) is 37.5 Å². The van der Waals surface area contributed by atoms with Crippen LogP contribution in [0.3, 0.4) is 0 Å². The van der Waals surface area contributed by atoms with E-state index in [-0.39, 0.29) is 17.4 Å². The minimum absolute atomic E-state index is 0.0227. The van der Waals surface area contributed by atoms with Gasteiger partial charge in [-0.2, -0.15) is 4.31 Å². The van der Waals surface area contributed by atoms with E-state index in [4.69, 9.17) is 5.73 Å². The van der Waals surface area contributed by atoms with Crippen LogP contribution in [0, 0.1) is 5.92 Å². The van der Waals surface area contributed by atoms with Crippen LogP contribution < -0.4 is 5.73 Å². The molecule has 1 aliphatic heterocycles. The number of halogens is 1. The highest BCUT2D eigenvalue weighted by molar-refractivity contribution is 9.10. The summed E-state index contributed by atoms with van der Waals surface area (Å²) in [7, 11) is -3.53. The molecule has 1 heterocycles. The lowest BCUT2D eigenvalue weighted by Crippen LogP contribution is -2.41. The van der Waals surface area contributed by atoms with Crippen LogP contribution in [0.15, 0.2) is 27.6 Å². The fourth-order valence-electron chi connectivity index (χ4n) is 2.26. The zero-order valence-electron chi connectivity index (χ0n) is 10.4. The lowest BCUT2D eigenvalue weighted by atomic mass is 10.0. The van der Waals surface area contributed by atoms with E-state index in [9.17, 15) is 13.5 Å². The smallest absolute Gasteiger partial charge is 0.244 e. The number of nitrogens with two attached hydrogens (primary N) is 1. The highest BCUT2D eigenvalue weighted by Gasteiger charge is 2.31. The number of piperidine rings is 1. The molecule has 2 rings (SSSR count). The third-order valence-electron chi connectivity index (χ3n) is 3.31. The van der Waals surface area contributed by atoms with Crippen molar-refractivity contribution in [2.75, 3.05) is 25.4 Å². The lowest BCUT2D eigenvalue weighted by Gasteiger charge is -2.31. The van der Waals surface area contributed by atoms with Gasteiger partial charge in [0.15, 0.2) is 0 Å². The topological polar surface area (TPSA) is 83.6 Å². The number of nitrogens with zero attached hydrogens (tertiary/aromatic N) is 1. The number of rotatable bonds is 3. The molecular formula is C12H17BrN2O3S. The van der Waals surface area contributed by atoms with Crippen molar-refractivity contribution in [3.05, 3.63) is 22.7 Å². The van der Waals surface area contributed by atoms with E-state index >= 15 is 0 Å². The van der Waals surface area contributed by atoms with Gasteiger partial charge in [0.05, 0.1) is 4.90 Å². The van der Waals surface area contributed by atoms with Crippen molar-refractivity contribution in [3.8, 4) is 0 Å². The first-order valence-electron chi connectivity index (χ1n) is 6.11. The summed E-state index contributed by atoms with van der Waals surface area (Å²) in [5, 5.41) is 9.19. The predicted octanol–water partition coefficient (Wildman–Crippen LogP) is 1.42. The summed E-state index contributed by atoms with van der Waals surface area (Å²) >= 11 is 3.25. The summed E-state index contributed by atoms with van der Waals surface area (Å²) in [4.78, 5) is 0.222. The molecule has 1 aromatic carbocycles. The van der Waals surface area contributed by atoms with E-state index in [0.29, 0.717) is 23.2 Å². The summed E-state index contributed by atoms with van der Waals surface area (Å²) in [5.41, 5.74) is 6.13. The molecule has 0 aliphatic carbocycles. The quantitative estimate of drug-likeness (QED) is 0.809. The number of anilines is 1. The fourth-order valence-corrected chi connectivity index (χ4v) is 4.87. The molecule has 1 atom stereocenters. The second kappa shape index (κ2) is 5.78. The van der Waals surface area contributed by atoms with Gasteiger partial charge in [0.25, 0.3) is 0 Å². The standard InChI is InChI=1S/C12H17BrN2O3S/c13-11-6-10(14)3-4-12(11)19(17,18)15-5-1-2-9(7-15)8-16/h3-4,6,9,16H,1-2,5,7-8,14H2. The van der Waals surface area contributed by atoms with Gasteiger partial charge in [0, 0.05) is 29.9 Å². The summed E-state index contributed by atoms with van der Waals surface area (Å²) in [6, 6.07) is 4.67. The van der Waals surface area contributed by atoms with Crippen LogP contribution in [0.1, 0.15) is 12.8 Å². The first-order valence-corrected chi connectivity index (χ1v) is 8.34. The molecule has 1 saturated heterocycles. The fraction of sp³-hybridized carbons (Fsp3) is 0.500. The van der Waals surface area contributed by atoms with Crippen LogP contribution in [0.5, 0.6) is 0 Å². The van der Waals surface area contributed by atoms with E-state index < -0.39 is 10.0 Å². The van der Waals surface area contributed by atoms with Crippen molar-refractivity contribution in [1.29, 1.82) is 0 Å². The minimum atomic E-state index is -3.53. The van der Waals surface area contributed by atoms with E-state index in [1.54, 1.807) is 12.1 Å². The minimum Gasteiger partial charge on any atom is -0.399 e. The second-order valence-electron chi connectivity index (χ2n) is 4.74. The normalized spacial score (nSPS) is 21.5. The number of aliphatic hydroxyl groups excluding tert-OH is 1. The Morgan fingerprint density at radius 3 is 2.84 bits per heavy atom. The summed E-state index contributed by atoms with van der Waals surface area (Å²) in [5.74, 6) is 0.0242. The van der Waals surface area contributed by atoms with Gasteiger partial charge < -0.3 is 10.8 Å². The molecule has 0 spiro atoms. The van der Waals surface area contributed by atoms with Crippen molar-refractivity contribution in [2.45, 2.75) is 17.7 Å². The van der Waals surface area contributed by atoms with Gasteiger partial charge in [-0.25, -0.2) is 8.42 Å². The van der Waals surface area contributed by atoms with Crippen molar-refractivity contribution in [2.24, 2.45) is 5.92 Å². The Hall–Kier alpha value is -0.630. The number of benzene rings is 1. The Balaban J connectivity index is 2.31. The van der Waals surface area contributed by atoms with Gasteiger partial charge in [-0.15, -0.1) is 0 Å². The van der Waals surface area contributed by atoms with Gasteiger partial charge >= 0.3 is 0 Å². The molecule has 1 aromatic rings. The molecule has 0 aromatic heterocycles. The van der Waals surface area contributed by atoms with E-state index in [2.05, 4.69) is 15.9 Å². The maximum atomic E-state index is 12.6. The zero-order chi connectivity index (χ0) is 14.0. The maximum Gasteiger partial charge on any atom is 0.244 e. The molecule has 106 valence electrons. The monoisotopic (exact) mass is 348 g/mol. The molecule has 1 aliphatic rings. The van der Waals surface area contributed by atoms with Crippen LogP contribution >= 0.6 is 15.9 Å². The number of hydrogen-bond acceptors (Lipinski definition) is 4. The van der Waals surface area contributed by atoms with Crippen LogP contribution in [0.25, 0.3) is 0 Å². The number of hydrogen-bond donors (Lipinski definition) is 2. The predicted molar refractivity (Wildman–Crippen MR) is 77.1 cm³/mol. The van der Waals surface area contributed by atoms with Gasteiger partial charge in [0.2, 0.25) is 10.0 Å². The van der Waals surface area contributed by atoms with Crippen LogP contribution in [0.2, 0.25) is 0 Å². The van der Waals surface area contributed by atoms with Crippen LogP contribution in [-0.2, 0) is 10.0 Å². The molecular weight excluding hydrogens is 332 g/mol. The SMILES string of the molecule is Nc1ccc(S(=O)(=O)N2CCCC(CO)C2)c(Br)c1. The molecule has 1 unspecified atom stereocenters. The Bertz CT molecular complexity index is 562. The molecule has 0 radical (unpaired) electrons. The number of sulfonamides is 1. The Morgan fingerprint density at radius 2 is 2.21 bits per heavy atom. The van der Waals surface area contributed by atoms with E-state index in [0.717, 1.165) is 12.8 Å². The molecule has 19 heavy (non-hydrogen) atoms. The van der Waals surface area contributed by atoms with E-state index in [1.165, 1.54) is 10.4 Å². The zero-order valence-corrected chi connectivity index (χ0v) is 12.8. The molecule has 7 heteroatoms. The largest absolute Gasteiger partial charge is 0.399 e. The summed E-state index contributed by atoms with van der Waals surface area (Å²) in [6.07, 6.45) is 1.64. The third kappa shape index (κ3) is 3.10. The van der Waals surface area contributed by atoms with Crippen molar-refractivity contribution in [1.82, 2.24) is 4.31 Å². The van der Waals surface area contributed by atoms with E-state index in [1.807, 2.05) is 0 Å².